The molecule has 106 valence electrons. The molecule has 0 saturated heterocycles. The predicted molar refractivity (Wildman–Crippen MR) is 73.0 cm³/mol. The van der Waals surface area contributed by atoms with Crippen LogP contribution in [-0.4, -0.2) is 21.0 Å². The molecule has 1 heterocycles. The third-order valence-electron chi connectivity index (χ3n) is 5.82. The number of carboxylic acid groups (broad SMARTS) is 1. The average Bonchev–Trinajstić information content (AvgIpc) is 2.37. The maximum absolute atomic E-state index is 11.9. The number of nitrogens with zero attached hydrogens (tertiary/aromatic N) is 2. The number of aromatic nitrogens is 2. The Bertz CT molecular complexity index is 493. The standard InChI is InChI=1S/C16H20N2O2/c19-15(20)14(13-9-17-1-2-18-13)16-6-10-3-11(7-16)5-12(4-10)8-16/h1-2,9-12,14H,3-8H2,(H,19,20). The van der Waals surface area contributed by atoms with Gasteiger partial charge in [-0.15, -0.1) is 0 Å². The molecule has 4 bridgehead atoms. The highest BCUT2D eigenvalue weighted by molar-refractivity contribution is 5.76. The van der Waals surface area contributed by atoms with Gasteiger partial charge in [-0.05, 0) is 61.7 Å². The number of rotatable bonds is 3. The van der Waals surface area contributed by atoms with E-state index in [1.54, 1.807) is 18.6 Å². The summed E-state index contributed by atoms with van der Waals surface area (Å²) >= 11 is 0. The molecular weight excluding hydrogens is 252 g/mol. The van der Waals surface area contributed by atoms with Gasteiger partial charge in [0.2, 0.25) is 0 Å². The Labute approximate surface area is 118 Å². The predicted octanol–water partition coefficient (Wildman–Crippen LogP) is 2.86. The molecule has 20 heavy (non-hydrogen) atoms. The highest BCUT2D eigenvalue weighted by Crippen LogP contribution is 2.64. The fraction of sp³-hybridized carbons (Fsp3) is 0.688. The molecule has 4 aliphatic carbocycles. The van der Waals surface area contributed by atoms with Gasteiger partial charge in [0.1, 0.15) is 5.92 Å². The smallest absolute Gasteiger partial charge is 0.313 e. The van der Waals surface area contributed by atoms with Gasteiger partial charge in [-0.25, -0.2) is 0 Å². The molecule has 1 aromatic heterocycles. The lowest BCUT2D eigenvalue weighted by molar-refractivity contribution is -0.150. The van der Waals surface area contributed by atoms with E-state index < -0.39 is 11.9 Å². The van der Waals surface area contributed by atoms with Crippen LogP contribution in [-0.2, 0) is 4.79 Å². The largest absolute Gasteiger partial charge is 0.481 e. The fourth-order valence-electron chi connectivity index (χ4n) is 5.69. The second-order valence-corrected chi connectivity index (χ2v) is 7.18. The molecule has 1 aromatic rings. The molecule has 0 aromatic carbocycles. The van der Waals surface area contributed by atoms with Gasteiger partial charge in [0.15, 0.2) is 0 Å². The van der Waals surface area contributed by atoms with E-state index in [9.17, 15) is 9.90 Å². The molecule has 0 amide bonds. The van der Waals surface area contributed by atoms with Crippen molar-refractivity contribution in [1.82, 2.24) is 9.97 Å². The molecular formula is C16H20N2O2. The highest BCUT2D eigenvalue weighted by atomic mass is 16.4. The van der Waals surface area contributed by atoms with Crippen molar-refractivity contribution in [3.8, 4) is 0 Å². The normalized spacial score (nSPS) is 39.7. The fourth-order valence-corrected chi connectivity index (χ4v) is 5.69. The molecule has 4 aliphatic rings. The topological polar surface area (TPSA) is 63.1 Å². The minimum Gasteiger partial charge on any atom is -0.481 e. The van der Waals surface area contributed by atoms with Crippen LogP contribution in [0.25, 0.3) is 0 Å². The Kier molecular flexibility index (Phi) is 2.63. The van der Waals surface area contributed by atoms with Crippen molar-refractivity contribution in [3.63, 3.8) is 0 Å². The lowest BCUT2D eigenvalue weighted by Crippen LogP contribution is -2.50. The van der Waals surface area contributed by atoms with Crippen LogP contribution in [0.2, 0.25) is 0 Å². The first-order valence-corrected chi connectivity index (χ1v) is 7.65. The lowest BCUT2D eigenvalue weighted by atomic mass is 9.46. The minimum absolute atomic E-state index is 0.0589. The van der Waals surface area contributed by atoms with Crippen molar-refractivity contribution >= 4 is 5.97 Å². The Hall–Kier alpha value is -1.45. The second-order valence-electron chi connectivity index (χ2n) is 7.18. The molecule has 4 heteroatoms. The number of carbonyl (C=O) groups is 1. The van der Waals surface area contributed by atoms with Crippen LogP contribution in [0.15, 0.2) is 18.6 Å². The van der Waals surface area contributed by atoms with Crippen molar-refractivity contribution < 1.29 is 9.90 Å². The first-order chi connectivity index (χ1) is 9.66. The molecule has 1 atom stereocenters. The van der Waals surface area contributed by atoms with E-state index in [0.717, 1.165) is 37.0 Å². The van der Waals surface area contributed by atoms with Gasteiger partial charge in [0.05, 0.1) is 5.69 Å². The van der Waals surface area contributed by atoms with Gasteiger partial charge in [0.25, 0.3) is 0 Å². The van der Waals surface area contributed by atoms with E-state index in [1.807, 2.05) is 0 Å². The van der Waals surface area contributed by atoms with E-state index in [-0.39, 0.29) is 5.41 Å². The van der Waals surface area contributed by atoms with Crippen LogP contribution in [0, 0.1) is 23.2 Å². The Morgan fingerprint density at radius 2 is 1.75 bits per heavy atom. The summed E-state index contributed by atoms with van der Waals surface area (Å²) in [5.41, 5.74) is 0.596. The summed E-state index contributed by atoms with van der Waals surface area (Å²) in [5.74, 6) is 1.07. The van der Waals surface area contributed by atoms with Gasteiger partial charge < -0.3 is 5.11 Å². The average molecular weight is 272 g/mol. The molecule has 0 radical (unpaired) electrons. The van der Waals surface area contributed by atoms with Crippen LogP contribution in [0.3, 0.4) is 0 Å². The molecule has 5 rings (SSSR count). The Morgan fingerprint density at radius 3 is 2.20 bits per heavy atom. The summed E-state index contributed by atoms with van der Waals surface area (Å²) in [4.78, 5) is 20.4. The van der Waals surface area contributed by atoms with Gasteiger partial charge in [0, 0.05) is 18.6 Å². The molecule has 0 spiro atoms. The Morgan fingerprint density at radius 1 is 1.15 bits per heavy atom. The van der Waals surface area contributed by atoms with E-state index in [2.05, 4.69) is 9.97 Å². The Balaban J connectivity index is 1.75. The highest BCUT2D eigenvalue weighted by Gasteiger charge is 2.56. The number of carboxylic acids is 1. The van der Waals surface area contributed by atoms with Crippen LogP contribution >= 0.6 is 0 Å². The maximum atomic E-state index is 11.9. The zero-order valence-electron chi connectivity index (χ0n) is 11.5. The van der Waals surface area contributed by atoms with Crippen LogP contribution in [0.4, 0.5) is 0 Å². The summed E-state index contributed by atoms with van der Waals surface area (Å²) in [6, 6.07) is 0. The molecule has 0 aliphatic heterocycles. The SMILES string of the molecule is O=C(O)C(c1cnccn1)C12CC3CC(CC(C3)C1)C2. The summed E-state index contributed by atoms with van der Waals surface area (Å²) in [5, 5.41) is 9.82. The third kappa shape index (κ3) is 1.77. The first-order valence-electron chi connectivity index (χ1n) is 7.65. The van der Waals surface area contributed by atoms with Crippen molar-refractivity contribution in [2.24, 2.45) is 23.2 Å². The van der Waals surface area contributed by atoms with E-state index in [1.165, 1.54) is 19.3 Å². The van der Waals surface area contributed by atoms with Crippen molar-refractivity contribution in [3.05, 3.63) is 24.3 Å². The van der Waals surface area contributed by atoms with Gasteiger partial charge in [-0.3, -0.25) is 14.8 Å². The van der Waals surface area contributed by atoms with Crippen LogP contribution in [0.1, 0.15) is 50.1 Å². The summed E-state index contributed by atoms with van der Waals surface area (Å²) < 4.78 is 0. The number of aliphatic carboxylic acids is 1. The zero-order valence-corrected chi connectivity index (χ0v) is 11.5. The molecule has 1 N–H and O–H groups in total. The van der Waals surface area contributed by atoms with Gasteiger partial charge in [-0.1, -0.05) is 0 Å². The summed E-state index contributed by atoms with van der Waals surface area (Å²) in [6.45, 7) is 0. The van der Waals surface area contributed by atoms with Crippen LogP contribution < -0.4 is 0 Å². The molecule has 4 saturated carbocycles. The number of hydrogen-bond acceptors (Lipinski definition) is 3. The lowest BCUT2D eigenvalue weighted by Gasteiger charge is -2.58. The van der Waals surface area contributed by atoms with Crippen LogP contribution in [0.5, 0.6) is 0 Å². The van der Waals surface area contributed by atoms with E-state index >= 15 is 0 Å². The minimum atomic E-state index is -0.715. The second kappa shape index (κ2) is 4.27. The zero-order chi connectivity index (χ0) is 13.7. The quantitative estimate of drug-likeness (QED) is 0.919. The summed E-state index contributed by atoms with van der Waals surface area (Å²) in [6.07, 6.45) is 12.1. The van der Waals surface area contributed by atoms with Crippen molar-refractivity contribution in [2.45, 2.75) is 44.4 Å². The monoisotopic (exact) mass is 272 g/mol. The summed E-state index contributed by atoms with van der Waals surface area (Å²) in [7, 11) is 0. The van der Waals surface area contributed by atoms with Gasteiger partial charge in [-0.2, -0.15) is 0 Å². The third-order valence-corrected chi connectivity index (χ3v) is 5.82. The maximum Gasteiger partial charge on any atom is 0.313 e. The molecule has 1 unspecified atom stereocenters. The first kappa shape index (κ1) is 12.3. The van der Waals surface area contributed by atoms with Crippen molar-refractivity contribution in [1.29, 1.82) is 0 Å². The van der Waals surface area contributed by atoms with Crippen molar-refractivity contribution in [2.75, 3.05) is 0 Å². The van der Waals surface area contributed by atoms with E-state index in [0.29, 0.717) is 5.69 Å². The molecule has 4 fully saturated rings. The number of hydrogen-bond donors (Lipinski definition) is 1. The van der Waals surface area contributed by atoms with E-state index in [4.69, 9.17) is 0 Å². The molecule has 4 nitrogen and oxygen atoms in total. The van der Waals surface area contributed by atoms with Gasteiger partial charge >= 0.3 is 5.97 Å².